The lowest BCUT2D eigenvalue weighted by molar-refractivity contribution is -0.385. The second-order valence-electron chi connectivity index (χ2n) is 4.96. The van der Waals surface area contributed by atoms with Gasteiger partial charge < -0.3 is 0 Å². The molecule has 0 saturated carbocycles. The molecule has 1 aromatic carbocycles. The molecule has 0 amide bonds. The van der Waals surface area contributed by atoms with Crippen LogP contribution in [0, 0.1) is 17.0 Å². The molecule has 0 spiro atoms. The maximum absolute atomic E-state index is 11.9. The van der Waals surface area contributed by atoms with Crippen LogP contribution in [0.5, 0.6) is 0 Å². The monoisotopic (exact) mass is 315 g/mol. The summed E-state index contributed by atoms with van der Waals surface area (Å²) in [5, 5.41) is 18.4. The van der Waals surface area contributed by atoms with Crippen molar-refractivity contribution in [3.05, 3.63) is 62.9 Å². The number of rotatable bonds is 5. The Morgan fingerprint density at radius 1 is 1.30 bits per heavy atom. The molecule has 2 aromatic heterocycles. The fourth-order valence-corrected chi connectivity index (χ4v) is 2.25. The Morgan fingerprint density at radius 3 is 2.78 bits per heavy atom. The molecule has 9 nitrogen and oxygen atoms in total. The van der Waals surface area contributed by atoms with Crippen LogP contribution < -0.4 is 5.76 Å². The lowest BCUT2D eigenvalue weighted by atomic mass is 10.1. The van der Waals surface area contributed by atoms with Crippen LogP contribution in [0.25, 0.3) is 11.4 Å². The largest absolute Gasteiger partial charge is 0.441 e. The average Bonchev–Trinajstić information content (AvgIpc) is 3.13. The van der Waals surface area contributed by atoms with E-state index < -0.39 is 10.7 Å². The summed E-state index contributed by atoms with van der Waals surface area (Å²) < 4.78 is 7.54. The first-order chi connectivity index (χ1) is 11.1. The summed E-state index contributed by atoms with van der Waals surface area (Å²) in [5.41, 5.74) is 1.66. The summed E-state index contributed by atoms with van der Waals surface area (Å²) in [5.74, 6) is -0.153. The van der Waals surface area contributed by atoms with E-state index in [4.69, 9.17) is 4.52 Å². The summed E-state index contributed by atoms with van der Waals surface area (Å²) in [4.78, 5) is 22.0. The van der Waals surface area contributed by atoms with Gasteiger partial charge in [-0.25, -0.2) is 4.79 Å². The van der Waals surface area contributed by atoms with Gasteiger partial charge in [0.25, 0.3) is 0 Å². The predicted molar refractivity (Wildman–Crippen MR) is 79.8 cm³/mol. The lowest BCUT2D eigenvalue weighted by Gasteiger charge is -2.06. The Morgan fingerprint density at radius 2 is 2.09 bits per heavy atom. The van der Waals surface area contributed by atoms with Gasteiger partial charge in [0.2, 0.25) is 0 Å². The maximum atomic E-state index is 11.9. The minimum atomic E-state index is -0.579. The van der Waals surface area contributed by atoms with Crippen molar-refractivity contribution in [3.8, 4) is 11.4 Å². The van der Waals surface area contributed by atoms with Crippen LogP contribution in [0.3, 0.4) is 0 Å². The molecule has 118 valence electrons. The van der Waals surface area contributed by atoms with E-state index in [0.29, 0.717) is 5.82 Å². The first-order valence-electron chi connectivity index (χ1n) is 6.85. The molecule has 0 unspecified atom stereocenters. The zero-order valence-corrected chi connectivity index (χ0v) is 12.2. The molecule has 0 N–H and O–H groups in total. The van der Waals surface area contributed by atoms with E-state index in [2.05, 4.69) is 10.3 Å². The minimum absolute atomic E-state index is 0.0956. The van der Waals surface area contributed by atoms with E-state index in [1.807, 2.05) is 31.2 Å². The second kappa shape index (κ2) is 5.87. The molecule has 0 fully saturated rings. The Hall–Kier alpha value is -3.23. The summed E-state index contributed by atoms with van der Waals surface area (Å²) in [6, 6.07) is 7.50. The molecule has 2 heterocycles. The summed E-state index contributed by atoms with van der Waals surface area (Å²) in [6.45, 7) is 2.44. The SMILES string of the molecule is Cc1ccccc1-c1noc(=O)n1CCn1cc([N+](=O)[O-])cn1. The van der Waals surface area contributed by atoms with E-state index in [0.717, 1.165) is 11.1 Å². The van der Waals surface area contributed by atoms with Gasteiger partial charge in [-0.15, -0.1) is 0 Å². The average molecular weight is 315 g/mol. The third-order valence-corrected chi connectivity index (χ3v) is 3.46. The van der Waals surface area contributed by atoms with E-state index in [-0.39, 0.29) is 18.8 Å². The number of aromatic nitrogens is 4. The quantitative estimate of drug-likeness (QED) is 0.522. The van der Waals surface area contributed by atoms with Crippen molar-refractivity contribution in [3.63, 3.8) is 0 Å². The molecular formula is C14H13N5O4. The van der Waals surface area contributed by atoms with Gasteiger partial charge in [-0.2, -0.15) is 5.10 Å². The maximum Gasteiger partial charge on any atom is 0.441 e. The van der Waals surface area contributed by atoms with Crippen LogP contribution in [0.4, 0.5) is 5.69 Å². The minimum Gasteiger partial charge on any atom is -0.295 e. The van der Waals surface area contributed by atoms with Gasteiger partial charge in [-0.05, 0) is 12.5 Å². The zero-order chi connectivity index (χ0) is 16.4. The number of nitrogens with zero attached hydrogens (tertiary/aromatic N) is 5. The number of hydrogen-bond donors (Lipinski definition) is 0. The molecule has 23 heavy (non-hydrogen) atoms. The number of hydrogen-bond acceptors (Lipinski definition) is 6. The third-order valence-electron chi connectivity index (χ3n) is 3.46. The van der Waals surface area contributed by atoms with Gasteiger partial charge in [-0.1, -0.05) is 29.4 Å². The highest BCUT2D eigenvalue weighted by Gasteiger charge is 2.15. The smallest absolute Gasteiger partial charge is 0.295 e. The van der Waals surface area contributed by atoms with Crippen molar-refractivity contribution < 1.29 is 9.45 Å². The molecule has 0 aliphatic carbocycles. The Labute approximate surface area is 129 Å². The van der Waals surface area contributed by atoms with Gasteiger partial charge in [0.15, 0.2) is 5.82 Å². The molecule has 0 bridgehead atoms. The molecular weight excluding hydrogens is 302 g/mol. The van der Waals surface area contributed by atoms with Crippen LogP contribution >= 0.6 is 0 Å². The molecule has 0 radical (unpaired) electrons. The molecule has 0 atom stereocenters. The molecule has 0 aliphatic rings. The van der Waals surface area contributed by atoms with E-state index in [9.17, 15) is 14.9 Å². The molecule has 0 saturated heterocycles. The lowest BCUT2D eigenvalue weighted by Crippen LogP contribution is -2.19. The van der Waals surface area contributed by atoms with E-state index in [1.54, 1.807) is 0 Å². The van der Waals surface area contributed by atoms with Crippen molar-refractivity contribution in [2.75, 3.05) is 0 Å². The van der Waals surface area contributed by atoms with Crippen molar-refractivity contribution in [2.45, 2.75) is 20.0 Å². The fourth-order valence-electron chi connectivity index (χ4n) is 2.25. The summed E-state index contributed by atoms with van der Waals surface area (Å²) >= 11 is 0. The predicted octanol–water partition coefficient (Wildman–Crippen LogP) is 1.62. The van der Waals surface area contributed by atoms with Crippen molar-refractivity contribution >= 4 is 5.69 Å². The first-order valence-corrected chi connectivity index (χ1v) is 6.85. The Balaban J connectivity index is 1.86. The second-order valence-corrected chi connectivity index (χ2v) is 4.96. The molecule has 9 heteroatoms. The van der Waals surface area contributed by atoms with Crippen LogP contribution in [0.1, 0.15) is 5.56 Å². The highest BCUT2D eigenvalue weighted by molar-refractivity contribution is 5.59. The Bertz CT molecular complexity index is 908. The van der Waals surface area contributed by atoms with E-state index >= 15 is 0 Å². The zero-order valence-electron chi connectivity index (χ0n) is 12.2. The van der Waals surface area contributed by atoms with Gasteiger partial charge in [0.05, 0.1) is 18.0 Å². The first kappa shape index (κ1) is 14.7. The van der Waals surface area contributed by atoms with Gasteiger partial charge in [0.1, 0.15) is 12.4 Å². The Kier molecular flexibility index (Phi) is 3.75. The summed E-state index contributed by atoms with van der Waals surface area (Å²) in [6.07, 6.45) is 2.48. The molecule has 0 aliphatic heterocycles. The van der Waals surface area contributed by atoms with Gasteiger partial charge >= 0.3 is 11.4 Å². The van der Waals surface area contributed by atoms with Crippen LogP contribution in [0.15, 0.2) is 46.0 Å². The molecule has 3 aromatic rings. The van der Waals surface area contributed by atoms with E-state index in [1.165, 1.54) is 21.6 Å². The number of aryl methyl sites for hydroxylation is 2. The fraction of sp³-hybridized carbons (Fsp3) is 0.214. The number of benzene rings is 1. The highest BCUT2D eigenvalue weighted by Crippen LogP contribution is 2.20. The third kappa shape index (κ3) is 2.89. The highest BCUT2D eigenvalue weighted by atomic mass is 16.6. The van der Waals surface area contributed by atoms with Crippen LogP contribution in [-0.2, 0) is 13.1 Å². The standard InChI is InChI=1S/C14H13N5O4/c1-10-4-2-3-5-12(10)13-16-23-14(20)18(13)7-6-17-9-11(8-15-17)19(21)22/h2-5,8-9H,6-7H2,1H3. The van der Waals surface area contributed by atoms with Crippen molar-refractivity contribution in [1.82, 2.24) is 19.5 Å². The number of nitro groups is 1. The van der Waals surface area contributed by atoms with Crippen molar-refractivity contribution in [2.24, 2.45) is 0 Å². The van der Waals surface area contributed by atoms with Crippen molar-refractivity contribution in [1.29, 1.82) is 0 Å². The van der Waals surface area contributed by atoms with Gasteiger partial charge in [-0.3, -0.25) is 23.9 Å². The summed E-state index contributed by atoms with van der Waals surface area (Å²) in [7, 11) is 0. The molecule has 3 rings (SSSR count). The topological polar surface area (TPSA) is 109 Å². The van der Waals surface area contributed by atoms with Gasteiger partial charge in [0, 0.05) is 5.56 Å². The normalized spacial score (nSPS) is 10.8. The van der Waals surface area contributed by atoms with Crippen LogP contribution in [-0.4, -0.2) is 24.4 Å². The van der Waals surface area contributed by atoms with Crippen LogP contribution in [0.2, 0.25) is 0 Å².